The van der Waals surface area contributed by atoms with E-state index in [4.69, 9.17) is 9.47 Å². The van der Waals surface area contributed by atoms with Gasteiger partial charge in [-0.3, -0.25) is 14.6 Å². The van der Waals surface area contributed by atoms with Gasteiger partial charge in [-0.1, -0.05) is 0 Å². The highest BCUT2D eigenvalue weighted by atomic mass is 32.1. The summed E-state index contributed by atoms with van der Waals surface area (Å²) in [7, 11) is 1.57. The van der Waals surface area contributed by atoms with E-state index in [9.17, 15) is 9.59 Å². The Morgan fingerprint density at radius 1 is 1.21 bits per heavy atom. The molecule has 0 aliphatic rings. The molecule has 0 saturated carbocycles. The number of pyridine rings is 1. The number of nitrogens with one attached hydrogen (secondary N) is 2. The molecule has 0 radical (unpaired) electrons. The van der Waals surface area contributed by atoms with Crippen molar-refractivity contribution in [2.24, 2.45) is 0 Å². The van der Waals surface area contributed by atoms with Crippen molar-refractivity contribution < 1.29 is 19.1 Å². The van der Waals surface area contributed by atoms with E-state index in [-0.39, 0.29) is 12.5 Å². The highest BCUT2D eigenvalue weighted by molar-refractivity contribution is 7.14. The van der Waals surface area contributed by atoms with E-state index in [1.165, 1.54) is 11.3 Å². The molecule has 2 aromatic heterocycles. The Hall–Kier alpha value is -3.46. The molecule has 0 aliphatic carbocycles. The van der Waals surface area contributed by atoms with Gasteiger partial charge < -0.3 is 20.1 Å². The maximum atomic E-state index is 12.6. The summed E-state index contributed by atoms with van der Waals surface area (Å²) in [6.07, 6.45) is 3.29. The molecule has 3 aromatic rings. The highest BCUT2D eigenvalue weighted by Gasteiger charge is 2.21. The second-order valence-electron chi connectivity index (χ2n) is 5.61. The summed E-state index contributed by atoms with van der Waals surface area (Å²) in [5.41, 5.74) is 3.48. The third-order valence-electron chi connectivity index (χ3n) is 3.86. The van der Waals surface area contributed by atoms with Crippen molar-refractivity contribution in [3.8, 4) is 5.75 Å². The van der Waals surface area contributed by atoms with Crippen LogP contribution in [0.5, 0.6) is 5.75 Å². The Labute approximate surface area is 165 Å². The highest BCUT2D eigenvalue weighted by Crippen LogP contribution is 2.29. The number of hydrogen-bond donors (Lipinski definition) is 2. The van der Waals surface area contributed by atoms with Gasteiger partial charge in [0.15, 0.2) is 0 Å². The molecule has 9 heteroatoms. The van der Waals surface area contributed by atoms with Gasteiger partial charge in [0, 0.05) is 23.6 Å². The Kier molecular flexibility index (Phi) is 6.53. The Morgan fingerprint density at radius 2 is 1.96 bits per heavy atom. The lowest BCUT2D eigenvalue weighted by Crippen LogP contribution is -2.20. The van der Waals surface area contributed by atoms with Gasteiger partial charge in [0.1, 0.15) is 29.1 Å². The molecule has 0 spiro atoms. The number of aromatic nitrogens is 2. The van der Waals surface area contributed by atoms with Crippen LogP contribution < -0.4 is 15.4 Å². The van der Waals surface area contributed by atoms with E-state index in [1.54, 1.807) is 61.4 Å². The number of thiazole rings is 1. The van der Waals surface area contributed by atoms with Crippen molar-refractivity contribution in [1.82, 2.24) is 9.97 Å². The molecule has 0 bridgehead atoms. The molecule has 1 unspecified atom stereocenters. The molecule has 28 heavy (non-hydrogen) atoms. The molecule has 1 amide bonds. The van der Waals surface area contributed by atoms with Crippen LogP contribution in [0.15, 0.2) is 54.3 Å². The van der Waals surface area contributed by atoms with Gasteiger partial charge in [-0.25, -0.2) is 4.98 Å². The van der Waals surface area contributed by atoms with Crippen molar-refractivity contribution in [3.63, 3.8) is 0 Å². The molecular weight excluding hydrogens is 380 g/mol. The molecule has 3 rings (SSSR count). The van der Waals surface area contributed by atoms with Crippen molar-refractivity contribution in [2.75, 3.05) is 24.4 Å². The standard InChI is InChI=1S/C19H18N4O4S/c1-26-15-4-2-13(3-5-15)18(25)23-19-17(21-11-28-19)16(10-27-12-24)22-14-6-8-20-9-7-14/h2-9,11-12,16H,10H2,1H3,(H,20,22)(H,23,25). The normalized spacial score (nSPS) is 11.3. The summed E-state index contributed by atoms with van der Waals surface area (Å²) in [5, 5.41) is 6.68. The predicted molar refractivity (Wildman–Crippen MR) is 106 cm³/mol. The largest absolute Gasteiger partial charge is 0.497 e. The first-order chi connectivity index (χ1) is 13.7. The lowest BCUT2D eigenvalue weighted by Gasteiger charge is -2.18. The molecular formula is C19H18N4O4S. The van der Waals surface area contributed by atoms with Crippen LogP contribution in [-0.4, -0.2) is 36.1 Å². The first-order valence-corrected chi connectivity index (χ1v) is 9.20. The first-order valence-electron chi connectivity index (χ1n) is 8.32. The number of ether oxygens (including phenoxy) is 2. The number of methoxy groups -OCH3 is 1. The Morgan fingerprint density at radius 3 is 2.64 bits per heavy atom. The van der Waals surface area contributed by atoms with E-state index >= 15 is 0 Å². The molecule has 8 nitrogen and oxygen atoms in total. The first kappa shape index (κ1) is 19.3. The summed E-state index contributed by atoms with van der Waals surface area (Å²) in [4.78, 5) is 31.6. The second kappa shape index (κ2) is 9.47. The zero-order valence-electron chi connectivity index (χ0n) is 15.0. The molecule has 0 saturated heterocycles. The van der Waals surface area contributed by atoms with E-state index in [1.807, 2.05) is 0 Å². The number of anilines is 2. The number of hydrogen-bond acceptors (Lipinski definition) is 8. The summed E-state index contributed by atoms with van der Waals surface area (Å²) in [5.74, 6) is 0.398. The lowest BCUT2D eigenvalue weighted by atomic mass is 10.2. The summed E-state index contributed by atoms with van der Waals surface area (Å²) < 4.78 is 10.0. The minimum absolute atomic E-state index is 0.0565. The summed E-state index contributed by atoms with van der Waals surface area (Å²) in [6, 6.07) is 9.92. The number of nitrogens with zero attached hydrogens (tertiary/aromatic N) is 2. The minimum Gasteiger partial charge on any atom is -0.497 e. The van der Waals surface area contributed by atoms with Crippen LogP contribution in [0, 0.1) is 0 Å². The van der Waals surface area contributed by atoms with Gasteiger partial charge in [-0.15, -0.1) is 11.3 Å². The van der Waals surface area contributed by atoms with Gasteiger partial charge in [0.25, 0.3) is 12.4 Å². The van der Waals surface area contributed by atoms with Crippen LogP contribution in [0.2, 0.25) is 0 Å². The van der Waals surface area contributed by atoms with Gasteiger partial charge in [-0.05, 0) is 36.4 Å². The maximum absolute atomic E-state index is 12.6. The number of benzene rings is 1. The fourth-order valence-electron chi connectivity index (χ4n) is 2.49. The number of amides is 1. The van der Waals surface area contributed by atoms with Crippen LogP contribution in [-0.2, 0) is 9.53 Å². The fourth-order valence-corrected chi connectivity index (χ4v) is 3.23. The molecule has 1 atom stereocenters. The van der Waals surface area contributed by atoms with Crippen LogP contribution in [0.3, 0.4) is 0 Å². The van der Waals surface area contributed by atoms with Crippen LogP contribution in [0.1, 0.15) is 22.1 Å². The molecule has 0 fully saturated rings. The SMILES string of the molecule is COc1ccc(C(=O)Nc2scnc2C(COC=O)Nc2ccncc2)cc1. The van der Waals surface area contributed by atoms with Crippen molar-refractivity contribution in [3.05, 3.63) is 65.6 Å². The van der Waals surface area contributed by atoms with Crippen molar-refractivity contribution >= 4 is 34.4 Å². The van der Waals surface area contributed by atoms with Gasteiger partial charge in [0.2, 0.25) is 0 Å². The van der Waals surface area contributed by atoms with E-state index in [0.29, 0.717) is 28.5 Å². The molecule has 2 heterocycles. The third-order valence-corrected chi connectivity index (χ3v) is 4.61. The van der Waals surface area contributed by atoms with Crippen LogP contribution in [0.25, 0.3) is 0 Å². The van der Waals surface area contributed by atoms with Crippen molar-refractivity contribution in [1.29, 1.82) is 0 Å². The minimum atomic E-state index is -0.440. The summed E-state index contributed by atoms with van der Waals surface area (Å²) in [6.45, 7) is 0.435. The topological polar surface area (TPSA) is 102 Å². The second-order valence-corrected chi connectivity index (χ2v) is 6.47. The maximum Gasteiger partial charge on any atom is 0.293 e. The zero-order chi connectivity index (χ0) is 19.8. The molecule has 2 N–H and O–H groups in total. The molecule has 0 aliphatic heterocycles. The van der Waals surface area contributed by atoms with Crippen LogP contribution >= 0.6 is 11.3 Å². The van der Waals surface area contributed by atoms with Gasteiger partial charge >= 0.3 is 0 Å². The number of rotatable bonds is 9. The summed E-state index contributed by atoms with van der Waals surface area (Å²) >= 11 is 1.29. The van der Waals surface area contributed by atoms with Crippen molar-refractivity contribution in [2.45, 2.75) is 6.04 Å². The van der Waals surface area contributed by atoms with E-state index < -0.39 is 6.04 Å². The number of carbonyl (C=O) groups is 2. The van der Waals surface area contributed by atoms with Gasteiger partial charge in [0.05, 0.1) is 12.6 Å². The van der Waals surface area contributed by atoms with E-state index in [0.717, 1.165) is 5.69 Å². The smallest absolute Gasteiger partial charge is 0.293 e. The molecule has 1 aromatic carbocycles. The Balaban J connectivity index is 1.78. The zero-order valence-corrected chi connectivity index (χ0v) is 15.8. The fraction of sp³-hybridized carbons (Fsp3) is 0.158. The van der Waals surface area contributed by atoms with E-state index in [2.05, 4.69) is 20.6 Å². The Bertz CT molecular complexity index is 915. The third kappa shape index (κ3) is 4.83. The predicted octanol–water partition coefficient (Wildman–Crippen LogP) is 3.13. The monoisotopic (exact) mass is 398 g/mol. The molecule has 144 valence electrons. The quantitative estimate of drug-likeness (QED) is 0.534. The van der Waals surface area contributed by atoms with Gasteiger partial charge in [-0.2, -0.15) is 0 Å². The number of carbonyl (C=O) groups excluding carboxylic acids is 2. The average molecular weight is 398 g/mol. The average Bonchev–Trinajstić information content (AvgIpc) is 3.19. The lowest BCUT2D eigenvalue weighted by molar-refractivity contribution is -0.129. The van der Waals surface area contributed by atoms with Crippen LogP contribution in [0.4, 0.5) is 10.7 Å².